The van der Waals surface area contributed by atoms with Crippen LogP contribution in [0.5, 0.6) is 0 Å². The van der Waals surface area contributed by atoms with E-state index in [1.165, 1.54) is 0 Å². The quantitative estimate of drug-likeness (QED) is 0.850. The van der Waals surface area contributed by atoms with Crippen LogP contribution in [0.1, 0.15) is 19.8 Å². The Hall–Kier alpha value is -1.16. The molecule has 1 unspecified atom stereocenters. The summed E-state index contributed by atoms with van der Waals surface area (Å²) in [5, 5.41) is 3.38. The third kappa shape index (κ3) is 2.99. The molecule has 1 atom stereocenters. The Morgan fingerprint density at radius 1 is 1.44 bits per heavy atom. The normalized spacial score (nSPS) is 23.4. The van der Waals surface area contributed by atoms with Gasteiger partial charge in [-0.3, -0.25) is 0 Å². The van der Waals surface area contributed by atoms with Gasteiger partial charge in [0.05, 0.1) is 6.61 Å². The highest BCUT2D eigenvalue weighted by Gasteiger charge is 2.41. The van der Waals surface area contributed by atoms with Crippen LogP contribution < -0.4 is 5.32 Å². The van der Waals surface area contributed by atoms with Gasteiger partial charge >= 0.3 is 5.97 Å². The minimum atomic E-state index is -0.555. The first kappa shape index (κ1) is 13.3. The number of hydrogen-bond acceptors (Lipinski definition) is 4. The smallest absolute Gasteiger partial charge is 0.332 e. The molecule has 1 aromatic carbocycles. The van der Waals surface area contributed by atoms with E-state index in [9.17, 15) is 4.79 Å². The largest absolute Gasteiger partial charge is 0.464 e. The molecule has 1 aliphatic heterocycles. The lowest BCUT2D eigenvalue weighted by Crippen LogP contribution is -2.51. The predicted molar refractivity (Wildman–Crippen MR) is 76.0 cm³/mol. The number of ether oxygens (including phenoxy) is 1. The Morgan fingerprint density at radius 2 is 2.22 bits per heavy atom. The molecule has 0 radical (unpaired) electrons. The average molecular weight is 265 g/mol. The molecule has 1 heterocycles. The Morgan fingerprint density at radius 3 is 2.83 bits per heavy atom. The summed E-state index contributed by atoms with van der Waals surface area (Å²) in [5.41, 5.74) is 0.424. The standard InChI is InChI=1S/C14H19NO2S/c1-2-17-13(16)14(9-6-10-18-11-14)15-12-7-4-3-5-8-12/h3-5,7-8,15H,2,6,9-11H2,1H3. The van der Waals surface area contributed by atoms with Crippen molar-refractivity contribution in [3.8, 4) is 0 Å². The lowest BCUT2D eigenvalue weighted by molar-refractivity contribution is -0.148. The van der Waals surface area contributed by atoms with Crippen molar-refractivity contribution in [2.24, 2.45) is 0 Å². The third-order valence-electron chi connectivity index (χ3n) is 3.06. The maximum absolute atomic E-state index is 12.2. The zero-order valence-corrected chi connectivity index (χ0v) is 11.5. The molecule has 2 rings (SSSR count). The van der Waals surface area contributed by atoms with Crippen LogP contribution in [-0.4, -0.2) is 29.6 Å². The maximum Gasteiger partial charge on any atom is 0.332 e. The molecule has 0 aliphatic carbocycles. The molecule has 3 nitrogen and oxygen atoms in total. The summed E-state index contributed by atoms with van der Waals surface area (Å²) in [5.74, 6) is 1.78. The van der Waals surface area contributed by atoms with Crippen molar-refractivity contribution in [1.82, 2.24) is 0 Å². The third-order valence-corrected chi connectivity index (χ3v) is 4.34. The van der Waals surface area contributed by atoms with Crippen molar-refractivity contribution in [3.05, 3.63) is 30.3 Å². The lowest BCUT2D eigenvalue weighted by atomic mass is 9.95. The number of benzene rings is 1. The lowest BCUT2D eigenvalue weighted by Gasteiger charge is -2.36. The second-order valence-corrected chi connectivity index (χ2v) is 5.55. The van der Waals surface area contributed by atoms with Gasteiger partial charge in [0.25, 0.3) is 0 Å². The molecule has 98 valence electrons. The van der Waals surface area contributed by atoms with Crippen molar-refractivity contribution < 1.29 is 9.53 Å². The summed E-state index contributed by atoms with van der Waals surface area (Å²) >= 11 is 1.81. The van der Waals surface area contributed by atoms with Gasteiger partial charge in [0, 0.05) is 11.4 Å². The van der Waals surface area contributed by atoms with E-state index in [0.29, 0.717) is 6.61 Å². The van der Waals surface area contributed by atoms with Crippen LogP contribution in [0.2, 0.25) is 0 Å². The summed E-state index contributed by atoms with van der Waals surface area (Å²) in [7, 11) is 0. The van der Waals surface area contributed by atoms with Gasteiger partial charge in [-0.05, 0) is 37.7 Å². The highest BCUT2D eigenvalue weighted by Crippen LogP contribution is 2.31. The van der Waals surface area contributed by atoms with Crippen molar-refractivity contribution in [3.63, 3.8) is 0 Å². The summed E-state index contributed by atoms with van der Waals surface area (Å²) in [6, 6.07) is 9.88. The van der Waals surface area contributed by atoms with E-state index in [2.05, 4.69) is 5.32 Å². The van der Waals surface area contributed by atoms with Crippen LogP contribution in [0, 0.1) is 0 Å². The van der Waals surface area contributed by atoms with E-state index < -0.39 is 5.54 Å². The van der Waals surface area contributed by atoms with Crippen molar-refractivity contribution >= 4 is 23.4 Å². The first-order valence-electron chi connectivity index (χ1n) is 6.35. The fraction of sp³-hybridized carbons (Fsp3) is 0.500. The Kier molecular flexibility index (Phi) is 4.53. The van der Waals surface area contributed by atoms with Gasteiger partial charge in [-0.15, -0.1) is 0 Å². The van der Waals surface area contributed by atoms with Crippen LogP contribution in [0.4, 0.5) is 5.69 Å². The number of thioether (sulfide) groups is 1. The molecule has 0 aromatic heterocycles. The van der Waals surface area contributed by atoms with Gasteiger partial charge in [-0.25, -0.2) is 4.79 Å². The van der Waals surface area contributed by atoms with E-state index in [-0.39, 0.29) is 5.97 Å². The van der Waals surface area contributed by atoms with Gasteiger partial charge in [-0.1, -0.05) is 18.2 Å². The van der Waals surface area contributed by atoms with Gasteiger partial charge in [0.15, 0.2) is 0 Å². The van der Waals surface area contributed by atoms with Crippen LogP contribution in [-0.2, 0) is 9.53 Å². The van der Waals surface area contributed by atoms with Crippen molar-refractivity contribution in [2.45, 2.75) is 25.3 Å². The highest BCUT2D eigenvalue weighted by atomic mass is 32.2. The molecule has 1 saturated heterocycles. The topological polar surface area (TPSA) is 38.3 Å². The summed E-state index contributed by atoms with van der Waals surface area (Å²) in [4.78, 5) is 12.2. The highest BCUT2D eigenvalue weighted by molar-refractivity contribution is 7.99. The van der Waals surface area contributed by atoms with E-state index >= 15 is 0 Å². The van der Waals surface area contributed by atoms with Gasteiger partial charge in [0.2, 0.25) is 0 Å². The number of hydrogen-bond donors (Lipinski definition) is 1. The molecule has 18 heavy (non-hydrogen) atoms. The number of nitrogens with one attached hydrogen (secondary N) is 1. The molecule has 0 saturated carbocycles. The van der Waals surface area contributed by atoms with E-state index in [0.717, 1.165) is 30.0 Å². The Balaban J connectivity index is 2.16. The fourth-order valence-corrected chi connectivity index (χ4v) is 3.35. The van der Waals surface area contributed by atoms with E-state index in [1.807, 2.05) is 49.0 Å². The average Bonchev–Trinajstić information content (AvgIpc) is 2.41. The molecule has 1 N–H and O–H groups in total. The van der Waals surface area contributed by atoms with E-state index in [1.54, 1.807) is 0 Å². The number of carbonyl (C=O) groups is 1. The monoisotopic (exact) mass is 265 g/mol. The first-order valence-corrected chi connectivity index (χ1v) is 7.50. The van der Waals surface area contributed by atoms with E-state index in [4.69, 9.17) is 4.74 Å². The SMILES string of the molecule is CCOC(=O)C1(Nc2ccccc2)CCCSC1. The van der Waals surface area contributed by atoms with Crippen LogP contribution >= 0.6 is 11.8 Å². The molecule has 1 fully saturated rings. The minimum absolute atomic E-state index is 0.124. The summed E-state index contributed by atoms with van der Waals surface area (Å²) in [6.07, 6.45) is 1.89. The molecule has 1 aromatic rings. The molecule has 1 aliphatic rings. The first-order chi connectivity index (χ1) is 8.77. The number of anilines is 1. The van der Waals surface area contributed by atoms with Crippen molar-refractivity contribution in [2.75, 3.05) is 23.4 Å². The number of rotatable bonds is 4. The fourth-order valence-electron chi connectivity index (χ4n) is 2.17. The zero-order chi connectivity index (χ0) is 12.8. The van der Waals surface area contributed by atoms with Gasteiger partial charge in [0.1, 0.15) is 5.54 Å². The predicted octanol–water partition coefficient (Wildman–Crippen LogP) is 2.93. The molecule has 4 heteroatoms. The van der Waals surface area contributed by atoms with Crippen LogP contribution in [0.15, 0.2) is 30.3 Å². The second-order valence-electron chi connectivity index (χ2n) is 4.45. The second kappa shape index (κ2) is 6.14. The van der Waals surface area contributed by atoms with Crippen LogP contribution in [0.3, 0.4) is 0 Å². The molecule has 0 bridgehead atoms. The summed E-state index contributed by atoms with van der Waals surface area (Å²) in [6.45, 7) is 2.28. The number of para-hydroxylation sites is 1. The number of esters is 1. The molecule has 0 spiro atoms. The van der Waals surface area contributed by atoms with Gasteiger partial charge < -0.3 is 10.1 Å². The van der Waals surface area contributed by atoms with Crippen LogP contribution in [0.25, 0.3) is 0 Å². The minimum Gasteiger partial charge on any atom is -0.464 e. The van der Waals surface area contributed by atoms with Crippen molar-refractivity contribution in [1.29, 1.82) is 0 Å². The molecule has 0 amide bonds. The maximum atomic E-state index is 12.2. The Labute approximate surface area is 112 Å². The summed E-state index contributed by atoms with van der Waals surface area (Å²) < 4.78 is 5.24. The molecular weight excluding hydrogens is 246 g/mol. The number of carbonyl (C=O) groups excluding carboxylic acids is 1. The molecular formula is C14H19NO2S. The van der Waals surface area contributed by atoms with Gasteiger partial charge in [-0.2, -0.15) is 11.8 Å². The zero-order valence-electron chi connectivity index (χ0n) is 10.6. The Bertz CT molecular complexity index is 388.